The molecule has 0 unspecified atom stereocenters. The number of hydrogen-bond donors (Lipinski definition) is 0. The van der Waals surface area contributed by atoms with E-state index in [1.807, 2.05) is 16.8 Å². The van der Waals surface area contributed by atoms with Crippen LogP contribution in [0.2, 0.25) is 0 Å². The molecule has 14 nitrogen and oxygen atoms in total. The number of hydrogen-bond acceptors (Lipinski definition) is 15. The molecule has 192 valence electrons. The van der Waals surface area contributed by atoms with Crippen LogP contribution in [0.25, 0.3) is 72.6 Å². The molecular weight excluding hydrogens is 554 g/mol. The van der Waals surface area contributed by atoms with E-state index in [4.69, 9.17) is 18.6 Å². The molecule has 0 atom stereocenters. The quantitative estimate of drug-likeness (QED) is 0.269. The van der Waals surface area contributed by atoms with Crippen LogP contribution >= 0.6 is 22.9 Å². The molecule has 0 fully saturated rings. The molecule has 0 aliphatic carbocycles. The third kappa shape index (κ3) is 3.40. The predicted molar refractivity (Wildman–Crippen MR) is 141 cm³/mol. The second-order valence-electron chi connectivity index (χ2n) is 8.21. The lowest BCUT2D eigenvalue weighted by Gasteiger charge is -2.17. The average Bonchev–Trinajstić information content (AvgIpc) is 3.85. The summed E-state index contributed by atoms with van der Waals surface area (Å²) in [5.41, 5.74) is 5.55. The molecule has 8 aromatic rings. The van der Waals surface area contributed by atoms with E-state index < -0.39 is 0 Å². The summed E-state index contributed by atoms with van der Waals surface area (Å²) in [4.78, 5) is 9.08. The van der Waals surface area contributed by atoms with Crippen LogP contribution in [0.4, 0.5) is 0 Å². The normalized spacial score (nSPS) is 11.5. The molecule has 0 saturated carbocycles. The van der Waals surface area contributed by atoms with Crippen molar-refractivity contribution < 1.29 is 13.5 Å². The van der Waals surface area contributed by atoms with Crippen molar-refractivity contribution in [3.05, 3.63) is 66.3 Å². The van der Waals surface area contributed by atoms with Crippen molar-refractivity contribution in [2.45, 2.75) is 0 Å². The van der Waals surface area contributed by atoms with E-state index in [9.17, 15) is 0 Å². The van der Waals surface area contributed by atoms with Gasteiger partial charge in [-0.25, -0.2) is 14.6 Å². The van der Waals surface area contributed by atoms with Crippen LogP contribution < -0.4 is 0 Å². The number of benzene rings is 1. The van der Waals surface area contributed by atoms with Gasteiger partial charge in [0.05, 0.1) is 17.3 Å². The minimum absolute atomic E-state index is 0.306. The largest absolute Gasteiger partial charge is 0.444 e. The Kier molecular flexibility index (Phi) is 5.10. The minimum Gasteiger partial charge on any atom is -0.444 e. The van der Waals surface area contributed by atoms with Gasteiger partial charge in [0.1, 0.15) is 41.0 Å². The zero-order valence-corrected chi connectivity index (χ0v) is 21.4. The number of oxazole rings is 1. The average molecular weight is 566 g/mol. The molecule has 0 amide bonds. The monoisotopic (exact) mass is 565 g/mol. The standard InChI is InChI=1S/C24H11N11O3S2/c1-2-13(28-27-4-1)21-20-16(12-3-7-37-32-12)17(14-10-38-33-29-14)19(23-25-5-8-36-23)18(15-11-40-34-30-15)22(20)35(31-21)24-26-6-9-39-24/h1-11H. The Balaban J connectivity index is 1.69. The fourth-order valence-electron chi connectivity index (χ4n) is 4.66. The second-order valence-corrected chi connectivity index (χ2v) is 9.69. The topological polar surface area (TPSA) is 173 Å². The molecule has 0 bridgehead atoms. The highest BCUT2D eigenvalue weighted by atomic mass is 32.1. The molecular formula is C24H11N11O3S2. The van der Waals surface area contributed by atoms with E-state index in [2.05, 4.69) is 45.3 Å². The smallest absolute Gasteiger partial charge is 0.227 e. The summed E-state index contributed by atoms with van der Waals surface area (Å²) in [5, 5.41) is 35.3. The summed E-state index contributed by atoms with van der Waals surface area (Å²) in [6, 6.07) is 5.37. The number of fused-ring (bicyclic) bond motifs is 1. The first-order valence-electron chi connectivity index (χ1n) is 11.5. The Bertz CT molecular complexity index is 2040. The third-order valence-corrected chi connectivity index (χ3v) is 7.36. The van der Waals surface area contributed by atoms with Gasteiger partial charge in [0.2, 0.25) is 11.0 Å². The van der Waals surface area contributed by atoms with Crippen molar-refractivity contribution in [2.24, 2.45) is 0 Å². The zero-order valence-electron chi connectivity index (χ0n) is 19.8. The van der Waals surface area contributed by atoms with Gasteiger partial charge in [-0.2, -0.15) is 10.2 Å². The Labute approximate surface area is 230 Å². The van der Waals surface area contributed by atoms with Crippen LogP contribution in [-0.2, 0) is 0 Å². The van der Waals surface area contributed by atoms with Gasteiger partial charge < -0.3 is 13.5 Å². The highest BCUT2D eigenvalue weighted by Crippen LogP contribution is 2.52. The lowest BCUT2D eigenvalue weighted by atomic mass is 9.86. The molecule has 1 aromatic carbocycles. The van der Waals surface area contributed by atoms with E-state index in [0.717, 1.165) is 0 Å². The molecule has 0 saturated heterocycles. The molecule has 16 heteroatoms. The van der Waals surface area contributed by atoms with Crippen LogP contribution in [-0.4, -0.2) is 55.1 Å². The van der Waals surface area contributed by atoms with Gasteiger partial charge in [0, 0.05) is 56.6 Å². The molecule has 7 aromatic heterocycles. The maximum Gasteiger partial charge on any atom is 0.227 e. The minimum atomic E-state index is 0.306. The summed E-state index contributed by atoms with van der Waals surface area (Å²) in [5.74, 6) is 0.306. The highest BCUT2D eigenvalue weighted by Gasteiger charge is 2.34. The number of aromatic nitrogens is 11. The molecule has 0 aliphatic heterocycles. The first-order chi connectivity index (χ1) is 19.9. The number of rotatable bonds is 6. The van der Waals surface area contributed by atoms with E-state index in [1.165, 1.54) is 41.7 Å². The van der Waals surface area contributed by atoms with Gasteiger partial charge in [-0.15, -0.1) is 26.6 Å². The van der Waals surface area contributed by atoms with Crippen LogP contribution in [0.3, 0.4) is 0 Å². The third-order valence-electron chi connectivity index (χ3n) is 6.11. The van der Waals surface area contributed by atoms with Crippen molar-refractivity contribution in [3.63, 3.8) is 0 Å². The lowest BCUT2D eigenvalue weighted by molar-refractivity contribution is 0.393. The molecule has 40 heavy (non-hydrogen) atoms. The van der Waals surface area contributed by atoms with Gasteiger partial charge in [-0.05, 0) is 23.7 Å². The SMILES string of the molecule is c1cnnc(-c2nn(-c3nccs3)c3c(-c4csnn4)c(-c4ncco4)c(-c4conn4)c(-c4ccon4)c23)c1. The van der Waals surface area contributed by atoms with E-state index in [1.54, 1.807) is 35.4 Å². The van der Waals surface area contributed by atoms with Gasteiger partial charge >= 0.3 is 0 Å². The van der Waals surface area contributed by atoms with Crippen LogP contribution in [0, 0.1) is 0 Å². The molecule has 8 rings (SSSR count). The van der Waals surface area contributed by atoms with E-state index in [0.29, 0.717) is 72.6 Å². The maximum atomic E-state index is 5.90. The van der Waals surface area contributed by atoms with Crippen molar-refractivity contribution >= 4 is 33.8 Å². The molecule has 0 radical (unpaired) electrons. The predicted octanol–water partition coefficient (Wildman–Crippen LogP) is 4.82. The van der Waals surface area contributed by atoms with Gasteiger partial charge in [-0.1, -0.05) is 9.64 Å². The van der Waals surface area contributed by atoms with Gasteiger partial charge in [-0.3, -0.25) is 0 Å². The van der Waals surface area contributed by atoms with Gasteiger partial charge in [0.25, 0.3) is 0 Å². The fraction of sp³-hybridized carbons (Fsp3) is 0. The highest BCUT2D eigenvalue weighted by molar-refractivity contribution is 7.12. The Hall–Kier alpha value is -5.48. The second kappa shape index (κ2) is 9.07. The first kappa shape index (κ1) is 22.5. The lowest BCUT2D eigenvalue weighted by Crippen LogP contribution is -2.02. The van der Waals surface area contributed by atoms with E-state index >= 15 is 0 Å². The van der Waals surface area contributed by atoms with Crippen LogP contribution in [0.1, 0.15) is 0 Å². The number of nitrogens with zero attached hydrogens (tertiary/aromatic N) is 11. The summed E-state index contributed by atoms with van der Waals surface area (Å²) < 4.78 is 22.3. The Morgan fingerprint density at radius 1 is 0.800 bits per heavy atom. The summed E-state index contributed by atoms with van der Waals surface area (Å²) in [6.07, 6.45) is 9.29. The van der Waals surface area contributed by atoms with Crippen LogP contribution in [0.5, 0.6) is 0 Å². The molecule has 7 heterocycles. The van der Waals surface area contributed by atoms with Crippen LogP contribution in [0.15, 0.2) is 79.8 Å². The van der Waals surface area contributed by atoms with Gasteiger partial charge in [0.15, 0.2) is 6.26 Å². The summed E-state index contributed by atoms with van der Waals surface area (Å²) in [6.45, 7) is 0. The summed E-state index contributed by atoms with van der Waals surface area (Å²) >= 11 is 2.63. The van der Waals surface area contributed by atoms with E-state index in [-0.39, 0.29) is 0 Å². The molecule has 0 aliphatic rings. The van der Waals surface area contributed by atoms with Crippen molar-refractivity contribution in [1.29, 1.82) is 0 Å². The fourth-order valence-corrected chi connectivity index (χ4v) is 5.70. The Morgan fingerprint density at radius 3 is 2.50 bits per heavy atom. The first-order valence-corrected chi connectivity index (χ1v) is 13.3. The maximum absolute atomic E-state index is 5.90. The summed E-state index contributed by atoms with van der Waals surface area (Å²) in [7, 11) is 0. The zero-order chi connectivity index (χ0) is 26.5. The Morgan fingerprint density at radius 2 is 1.80 bits per heavy atom. The number of thiazole rings is 1. The molecule has 0 N–H and O–H groups in total. The molecule has 0 spiro atoms. The van der Waals surface area contributed by atoms with Crippen molar-refractivity contribution in [2.75, 3.05) is 0 Å². The van der Waals surface area contributed by atoms with Crippen molar-refractivity contribution in [1.82, 2.24) is 55.1 Å². The van der Waals surface area contributed by atoms with Crippen molar-refractivity contribution in [3.8, 4) is 61.7 Å².